The van der Waals surface area contributed by atoms with Gasteiger partial charge in [-0.25, -0.2) is 0 Å². The Morgan fingerprint density at radius 1 is 1.05 bits per heavy atom. The third kappa shape index (κ3) is 6.58. The summed E-state index contributed by atoms with van der Waals surface area (Å²) in [5.74, 6) is 2.40. The first-order valence-electron chi connectivity index (χ1n) is 8.98. The molecule has 20 heavy (non-hydrogen) atoms. The predicted molar refractivity (Wildman–Crippen MR) is 89.9 cm³/mol. The fraction of sp³-hybridized carbons (Fsp3) is 1.00. The molecule has 1 aliphatic carbocycles. The maximum Gasteiger partial charge on any atom is 0.00953 e. The molecule has 1 rings (SSSR count). The molecule has 1 atom stereocenters. The molecule has 0 aromatic carbocycles. The van der Waals surface area contributed by atoms with Crippen LogP contribution >= 0.6 is 0 Å². The zero-order valence-electron chi connectivity index (χ0n) is 14.4. The molecule has 1 unspecified atom stereocenters. The van der Waals surface area contributed by atoms with Crippen LogP contribution in [0, 0.1) is 17.8 Å². The summed E-state index contributed by atoms with van der Waals surface area (Å²) >= 11 is 0. The summed E-state index contributed by atoms with van der Waals surface area (Å²) in [6.07, 6.45) is 9.67. The van der Waals surface area contributed by atoms with E-state index < -0.39 is 0 Å². The van der Waals surface area contributed by atoms with Gasteiger partial charge in [-0.2, -0.15) is 0 Å². The minimum atomic E-state index is 0.781. The molecule has 0 aromatic rings. The lowest BCUT2D eigenvalue weighted by atomic mass is 9.88. The quantitative estimate of drug-likeness (QED) is 0.647. The van der Waals surface area contributed by atoms with E-state index in [-0.39, 0.29) is 0 Å². The van der Waals surface area contributed by atoms with Gasteiger partial charge in [0.1, 0.15) is 0 Å². The third-order valence-electron chi connectivity index (χ3n) is 4.94. The second-order valence-corrected chi connectivity index (χ2v) is 7.55. The highest BCUT2D eigenvalue weighted by Crippen LogP contribution is 2.26. The van der Waals surface area contributed by atoms with Crippen LogP contribution in [0.4, 0.5) is 0 Å². The van der Waals surface area contributed by atoms with E-state index in [2.05, 4.69) is 32.6 Å². The summed E-state index contributed by atoms with van der Waals surface area (Å²) in [5, 5.41) is 0. The van der Waals surface area contributed by atoms with Gasteiger partial charge in [0.15, 0.2) is 0 Å². The Morgan fingerprint density at radius 2 is 1.70 bits per heavy atom. The van der Waals surface area contributed by atoms with Gasteiger partial charge in [-0.3, -0.25) is 0 Å². The van der Waals surface area contributed by atoms with Crippen molar-refractivity contribution in [3.05, 3.63) is 0 Å². The highest BCUT2D eigenvalue weighted by Gasteiger charge is 2.23. The number of nitrogens with zero attached hydrogens (tertiary/aromatic N) is 1. The first-order valence-corrected chi connectivity index (χ1v) is 8.98. The number of rotatable bonds is 10. The molecular formula is C18H38N2. The van der Waals surface area contributed by atoms with E-state index in [1.54, 1.807) is 0 Å². The van der Waals surface area contributed by atoms with Gasteiger partial charge in [-0.15, -0.1) is 0 Å². The topological polar surface area (TPSA) is 29.3 Å². The zero-order chi connectivity index (χ0) is 15.0. The average molecular weight is 283 g/mol. The van der Waals surface area contributed by atoms with Crippen LogP contribution in [0.1, 0.15) is 72.6 Å². The van der Waals surface area contributed by atoms with Crippen LogP contribution in [0.15, 0.2) is 0 Å². The molecule has 0 radical (unpaired) electrons. The zero-order valence-corrected chi connectivity index (χ0v) is 14.4. The summed E-state index contributed by atoms with van der Waals surface area (Å²) in [4.78, 5) is 2.79. The number of hydrogen-bond acceptors (Lipinski definition) is 2. The van der Waals surface area contributed by atoms with Crippen molar-refractivity contribution in [1.29, 1.82) is 0 Å². The van der Waals surface area contributed by atoms with Gasteiger partial charge in [0.2, 0.25) is 0 Å². The lowest BCUT2D eigenvalue weighted by Gasteiger charge is -2.31. The van der Waals surface area contributed by atoms with Gasteiger partial charge >= 0.3 is 0 Å². The predicted octanol–water partition coefficient (Wildman–Crippen LogP) is 4.29. The maximum atomic E-state index is 5.75. The lowest BCUT2D eigenvalue weighted by molar-refractivity contribution is 0.167. The Balaban J connectivity index is 2.36. The summed E-state index contributed by atoms with van der Waals surface area (Å²) in [6.45, 7) is 12.8. The molecule has 120 valence electrons. The van der Waals surface area contributed by atoms with Crippen molar-refractivity contribution in [3.8, 4) is 0 Å². The van der Waals surface area contributed by atoms with Gasteiger partial charge in [0, 0.05) is 12.6 Å². The van der Waals surface area contributed by atoms with Crippen molar-refractivity contribution >= 4 is 0 Å². The van der Waals surface area contributed by atoms with Crippen molar-refractivity contribution in [1.82, 2.24) is 4.90 Å². The Labute approximate surface area is 127 Å². The number of nitrogens with two attached hydrogens (primary N) is 1. The highest BCUT2D eigenvalue weighted by molar-refractivity contribution is 4.78. The maximum absolute atomic E-state index is 5.75. The molecule has 0 amide bonds. The van der Waals surface area contributed by atoms with Gasteiger partial charge < -0.3 is 10.6 Å². The summed E-state index contributed by atoms with van der Waals surface area (Å²) in [6, 6.07) is 0.879. The Hall–Kier alpha value is -0.0800. The molecule has 0 aromatic heterocycles. The van der Waals surface area contributed by atoms with Crippen LogP contribution in [0.3, 0.4) is 0 Å². The van der Waals surface area contributed by atoms with Crippen LogP contribution in [-0.4, -0.2) is 30.6 Å². The van der Waals surface area contributed by atoms with Crippen LogP contribution in [0.5, 0.6) is 0 Å². The molecule has 0 heterocycles. The average Bonchev–Trinajstić information content (AvgIpc) is 2.89. The van der Waals surface area contributed by atoms with Crippen LogP contribution in [0.2, 0.25) is 0 Å². The molecule has 0 bridgehead atoms. The van der Waals surface area contributed by atoms with E-state index in [1.807, 2.05) is 0 Å². The first kappa shape index (κ1) is 18.0. The Bertz CT molecular complexity index is 232. The minimum Gasteiger partial charge on any atom is -0.330 e. The molecule has 0 saturated heterocycles. The molecular weight excluding hydrogens is 244 g/mol. The second-order valence-electron chi connectivity index (χ2n) is 7.55. The van der Waals surface area contributed by atoms with Gasteiger partial charge in [0.25, 0.3) is 0 Å². The molecule has 1 fully saturated rings. The molecule has 2 N–H and O–H groups in total. The van der Waals surface area contributed by atoms with E-state index in [4.69, 9.17) is 5.73 Å². The van der Waals surface area contributed by atoms with Crippen LogP contribution in [0.25, 0.3) is 0 Å². The van der Waals surface area contributed by atoms with Gasteiger partial charge in [-0.05, 0) is 62.9 Å². The van der Waals surface area contributed by atoms with Crippen molar-refractivity contribution in [2.75, 3.05) is 19.6 Å². The van der Waals surface area contributed by atoms with E-state index >= 15 is 0 Å². The monoisotopic (exact) mass is 282 g/mol. The van der Waals surface area contributed by atoms with Crippen molar-refractivity contribution in [2.24, 2.45) is 23.5 Å². The summed E-state index contributed by atoms with van der Waals surface area (Å²) in [5.41, 5.74) is 5.75. The Morgan fingerprint density at radius 3 is 2.20 bits per heavy atom. The van der Waals surface area contributed by atoms with E-state index in [0.29, 0.717) is 0 Å². The minimum absolute atomic E-state index is 0.781. The number of hydrogen-bond donors (Lipinski definition) is 1. The molecule has 0 spiro atoms. The molecule has 2 heteroatoms. The lowest BCUT2D eigenvalue weighted by Crippen LogP contribution is -2.37. The normalized spacial score (nSPS) is 18.6. The van der Waals surface area contributed by atoms with Crippen molar-refractivity contribution in [2.45, 2.75) is 78.7 Å². The molecule has 0 aliphatic heterocycles. The second kappa shape index (κ2) is 9.78. The largest absolute Gasteiger partial charge is 0.330 e. The summed E-state index contributed by atoms with van der Waals surface area (Å²) < 4.78 is 0. The van der Waals surface area contributed by atoms with Gasteiger partial charge in [0.05, 0.1) is 0 Å². The van der Waals surface area contributed by atoms with Crippen molar-refractivity contribution in [3.63, 3.8) is 0 Å². The van der Waals surface area contributed by atoms with Crippen LogP contribution < -0.4 is 5.73 Å². The van der Waals surface area contributed by atoms with E-state index in [0.717, 1.165) is 30.3 Å². The van der Waals surface area contributed by atoms with E-state index in [9.17, 15) is 0 Å². The smallest absolute Gasteiger partial charge is 0.00953 e. The fourth-order valence-corrected chi connectivity index (χ4v) is 3.74. The van der Waals surface area contributed by atoms with E-state index in [1.165, 1.54) is 58.0 Å². The SMILES string of the molecule is CC(C)CN(CCCC(CCN)C(C)C)C1CCCC1. The fourth-order valence-electron chi connectivity index (χ4n) is 3.74. The first-order chi connectivity index (χ1) is 9.54. The molecule has 1 saturated carbocycles. The Kier molecular flexibility index (Phi) is 8.79. The van der Waals surface area contributed by atoms with Crippen LogP contribution in [-0.2, 0) is 0 Å². The summed E-state index contributed by atoms with van der Waals surface area (Å²) in [7, 11) is 0. The third-order valence-corrected chi connectivity index (χ3v) is 4.94. The molecule has 2 nitrogen and oxygen atoms in total. The van der Waals surface area contributed by atoms with Crippen molar-refractivity contribution < 1.29 is 0 Å². The highest BCUT2D eigenvalue weighted by atomic mass is 15.2. The molecule has 1 aliphatic rings. The standard InChI is InChI=1S/C18H38N2/c1-15(2)14-20(18-9-5-6-10-18)13-7-8-17(11-12-19)16(3)4/h15-18H,5-14,19H2,1-4H3. The van der Waals surface area contributed by atoms with Gasteiger partial charge in [-0.1, -0.05) is 40.5 Å².